The van der Waals surface area contributed by atoms with Crippen LogP contribution in [0.2, 0.25) is 5.02 Å². The summed E-state index contributed by atoms with van der Waals surface area (Å²) in [5, 5.41) is 7.83. The summed E-state index contributed by atoms with van der Waals surface area (Å²) >= 11 is 7.27. The van der Waals surface area contributed by atoms with Gasteiger partial charge >= 0.3 is 0 Å². The Morgan fingerprint density at radius 2 is 2.12 bits per heavy atom. The van der Waals surface area contributed by atoms with Gasteiger partial charge in [0.05, 0.1) is 16.3 Å². The van der Waals surface area contributed by atoms with E-state index in [1.54, 1.807) is 30.5 Å². The van der Waals surface area contributed by atoms with Gasteiger partial charge in [-0.1, -0.05) is 16.8 Å². The molecule has 0 aliphatic carbocycles. The topological polar surface area (TPSA) is 80.9 Å². The quantitative estimate of drug-likeness (QED) is 0.671. The average molecular weight is 375 g/mol. The van der Waals surface area contributed by atoms with Crippen LogP contribution < -0.4 is 5.32 Å². The molecule has 1 amide bonds. The van der Waals surface area contributed by atoms with Crippen molar-refractivity contribution in [3.8, 4) is 0 Å². The van der Waals surface area contributed by atoms with E-state index in [4.69, 9.17) is 16.1 Å². The summed E-state index contributed by atoms with van der Waals surface area (Å²) < 4.78 is 5.17. The summed E-state index contributed by atoms with van der Waals surface area (Å²) in [4.78, 5) is 20.9. The van der Waals surface area contributed by atoms with Crippen molar-refractivity contribution in [2.45, 2.75) is 24.6 Å². The van der Waals surface area contributed by atoms with Crippen LogP contribution in [0.3, 0.4) is 0 Å². The monoisotopic (exact) mass is 374 g/mol. The molecule has 0 aliphatic rings. The van der Waals surface area contributed by atoms with Gasteiger partial charge in [0.15, 0.2) is 0 Å². The summed E-state index contributed by atoms with van der Waals surface area (Å²) in [6.45, 7) is 3.76. The molecule has 3 heterocycles. The first-order valence-electron chi connectivity index (χ1n) is 7.47. The predicted molar refractivity (Wildman–Crippen MR) is 97.0 cm³/mol. The molecule has 0 spiro atoms. The Bertz CT molecular complexity index is 876. The van der Waals surface area contributed by atoms with Crippen LogP contribution in [0.25, 0.3) is 0 Å². The third kappa shape index (κ3) is 4.18. The van der Waals surface area contributed by atoms with Crippen LogP contribution in [0.15, 0.2) is 46.2 Å². The zero-order valence-corrected chi connectivity index (χ0v) is 15.2. The normalized spacial score (nSPS) is 10.7. The number of halogens is 1. The second kappa shape index (κ2) is 7.67. The Morgan fingerprint density at radius 1 is 1.28 bits per heavy atom. The zero-order chi connectivity index (χ0) is 17.8. The van der Waals surface area contributed by atoms with Crippen molar-refractivity contribution in [1.29, 1.82) is 0 Å². The van der Waals surface area contributed by atoms with Crippen molar-refractivity contribution in [1.82, 2.24) is 15.1 Å². The fourth-order valence-electron chi connectivity index (χ4n) is 2.16. The van der Waals surface area contributed by atoms with Gasteiger partial charge in [0, 0.05) is 23.7 Å². The fraction of sp³-hybridized carbons (Fsp3) is 0.176. The van der Waals surface area contributed by atoms with Gasteiger partial charge in [-0.15, -0.1) is 11.8 Å². The third-order valence-electron chi connectivity index (χ3n) is 3.52. The number of pyridine rings is 2. The molecule has 25 heavy (non-hydrogen) atoms. The van der Waals surface area contributed by atoms with Crippen LogP contribution in [0, 0.1) is 13.8 Å². The molecule has 128 valence electrons. The lowest BCUT2D eigenvalue weighted by molar-refractivity contribution is 0.102. The second-order valence-corrected chi connectivity index (χ2v) is 6.66. The predicted octanol–water partition coefficient (Wildman–Crippen LogP) is 4.28. The lowest BCUT2D eigenvalue weighted by Gasteiger charge is -2.08. The molecular weight excluding hydrogens is 360 g/mol. The highest BCUT2D eigenvalue weighted by atomic mass is 35.5. The molecule has 0 aromatic carbocycles. The van der Waals surface area contributed by atoms with E-state index in [1.807, 2.05) is 13.8 Å². The number of carbonyl (C=O) groups is 1. The standard InChI is InChI=1S/C17H15ClN4O2S/c1-10-14(11(2)24-22-10)9-25-17-13(4-3-7-19-17)16(23)21-15-6-5-12(18)8-20-15/h3-8H,9H2,1-2H3,(H,20,21,23). The van der Waals surface area contributed by atoms with Gasteiger partial charge in [-0.05, 0) is 38.1 Å². The van der Waals surface area contributed by atoms with Crippen LogP contribution >= 0.6 is 23.4 Å². The van der Waals surface area contributed by atoms with Crippen LogP contribution in [0.4, 0.5) is 5.82 Å². The number of rotatable bonds is 5. The number of hydrogen-bond donors (Lipinski definition) is 1. The smallest absolute Gasteiger partial charge is 0.259 e. The van der Waals surface area contributed by atoms with Gasteiger partial charge in [-0.2, -0.15) is 0 Å². The lowest BCUT2D eigenvalue weighted by atomic mass is 10.2. The average Bonchev–Trinajstić information content (AvgIpc) is 2.93. The number of thioether (sulfide) groups is 1. The van der Waals surface area contributed by atoms with E-state index in [0.717, 1.165) is 17.0 Å². The Kier molecular flexibility index (Phi) is 5.35. The number of nitrogens with zero attached hydrogens (tertiary/aromatic N) is 3. The summed E-state index contributed by atoms with van der Waals surface area (Å²) in [5.41, 5.74) is 2.34. The zero-order valence-electron chi connectivity index (χ0n) is 13.6. The lowest BCUT2D eigenvalue weighted by Crippen LogP contribution is -2.14. The van der Waals surface area contributed by atoms with Crippen molar-refractivity contribution in [2.75, 3.05) is 5.32 Å². The van der Waals surface area contributed by atoms with Gasteiger partial charge in [0.1, 0.15) is 16.6 Å². The highest BCUT2D eigenvalue weighted by Crippen LogP contribution is 2.27. The van der Waals surface area contributed by atoms with Crippen molar-refractivity contribution in [3.63, 3.8) is 0 Å². The van der Waals surface area contributed by atoms with Gasteiger partial charge in [0.25, 0.3) is 5.91 Å². The molecule has 8 heteroatoms. The Morgan fingerprint density at radius 3 is 2.80 bits per heavy atom. The number of nitrogens with one attached hydrogen (secondary N) is 1. The minimum atomic E-state index is -0.274. The molecule has 0 saturated carbocycles. The van der Waals surface area contributed by atoms with Gasteiger partial charge in [0.2, 0.25) is 0 Å². The fourth-order valence-corrected chi connectivity index (χ4v) is 3.42. The molecule has 0 fully saturated rings. The van der Waals surface area contributed by atoms with Crippen molar-refractivity contribution in [3.05, 3.63) is 64.3 Å². The number of carbonyl (C=O) groups excluding carboxylic acids is 1. The second-order valence-electron chi connectivity index (χ2n) is 5.26. The molecule has 3 rings (SSSR count). The summed E-state index contributed by atoms with van der Waals surface area (Å²) in [5.74, 6) is 1.55. The molecule has 3 aromatic rings. The summed E-state index contributed by atoms with van der Waals surface area (Å²) in [6, 6.07) is 6.77. The van der Waals surface area contributed by atoms with Crippen LogP contribution in [0.1, 0.15) is 27.4 Å². The van der Waals surface area contributed by atoms with Crippen molar-refractivity contribution in [2.24, 2.45) is 0 Å². The van der Waals surface area contributed by atoms with E-state index >= 15 is 0 Å². The minimum absolute atomic E-state index is 0.274. The van der Waals surface area contributed by atoms with E-state index in [9.17, 15) is 4.79 Å². The molecule has 0 bridgehead atoms. The van der Waals surface area contributed by atoms with Crippen molar-refractivity contribution >= 4 is 35.1 Å². The number of hydrogen-bond acceptors (Lipinski definition) is 6. The molecule has 6 nitrogen and oxygen atoms in total. The first-order valence-corrected chi connectivity index (χ1v) is 8.83. The number of aromatic nitrogens is 3. The van der Waals surface area contributed by atoms with E-state index < -0.39 is 0 Å². The van der Waals surface area contributed by atoms with E-state index in [1.165, 1.54) is 18.0 Å². The Hall–Kier alpha value is -2.38. The molecule has 3 aromatic heterocycles. The van der Waals surface area contributed by atoms with Crippen LogP contribution in [0.5, 0.6) is 0 Å². The number of anilines is 1. The van der Waals surface area contributed by atoms with Gasteiger partial charge in [-0.3, -0.25) is 4.79 Å². The maximum atomic E-state index is 12.5. The summed E-state index contributed by atoms with van der Waals surface area (Å²) in [7, 11) is 0. The first-order chi connectivity index (χ1) is 12.0. The molecular formula is C17H15ClN4O2S. The highest BCUT2D eigenvalue weighted by Gasteiger charge is 2.16. The Balaban J connectivity index is 1.76. The molecule has 1 N–H and O–H groups in total. The molecule has 0 unspecified atom stereocenters. The summed E-state index contributed by atoms with van der Waals surface area (Å²) in [6.07, 6.45) is 3.14. The van der Waals surface area contributed by atoms with Crippen LogP contribution in [-0.2, 0) is 5.75 Å². The maximum absolute atomic E-state index is 12.5. The van der Waals surface area contributed by atoms with E-state index in [-0.39, 0.29) is 5.91 Å². The highest BCUT2D eigenvalue weighted by molar-refractivity contribution is 7.98. The maximum Gasteiger partial charge on any atom is 0.259 e. The van der Waals surface area contributed by atoms with Gasteiger partial charge in [-0.25, -0.2) is 9.97 Å². The van der Waals surface area contributed by atoms with Gasteiger partial charge < -0.3 is 9.84 Å². The molecule has 0 atom stereocenters. The largest absolute Gasteiger partial charge is 0.361 e. The van der Waals surface area contributed by atoms with Crippen molar-refractivity contribution < 1.29 is 9.32 Å². The van der Waals surface area contributed by atoms with Crippen LogP contribution in [-0.4, -0.2) is 21.0 Å². The molecule has 0 aliphatic heterocycles. The molecule has 0 saturated heterocycles. The number of aryl methyl sites for hydroxylation is 2. The number of amides is 1. The van der Waals surface area contributed by atoms with E-state index in [0.29, 0.717) is 27.2 Å². The minimum Gasteiger partial charge on any atom is -0.361 e. The SMILES string of the molecule is Cc1noc(C)c1CSc1ncccc1C(=O)Nc1ccc(Cl)cn1. The molecule has 0 radical (unpaired) electrons. The Labute approximate surface area is 154 Å². The third-order valence-corrected chi connectivity index (χ3v) is 4.77. The first kappa shape index (κ1) is 17.4. The van der Waals surface area contributed by atoms with E-state index in [2.05, 4.69) is 20.4 Å².